The first-order valence-corrected chi connectivity index (χ1v) is 9.51. The summed E-state index contributed by atoms with van der Waals surface area (Å²) in [5, 5.41) is 0. The van der Waals surface area contributed by atoms with Crippen molar-refractivity contribution in [2.75, 3.05) is 31.1 Å². The number of nitrogens with zero attached hydrogens (tertiary/aromatic N) is 2. The molecule has 2 aromatic rings. The molecule has 2 aliphatic rings. The number of anilines is 1. The van der Waals surface area contributed by atoms with Gasteiger partial charge in [-0.2, -0.15) is 0 Å². The molecule has 0 amide bonds. The molecule has 1 heterocycles. The summed E-state index contributed by atoms with van der Waals surface area (Å²) in [6.07, 6.45) is 6.70. The van der Waals surface area contributed by atoms with Crippen LogP contribution in [0.25, 0.3) is 0 Å². The van der Waals surface area contributed by atoms with Gasteiger partial charge in [0, 0.05) is 38.4 Å². The molecule has 24 heavy (non-hydrogen) atoms. The summed E-state index contributed by atoms with van der Waals surface area (Å²) in [6, 6.07) is 18.1. The van der Waals surface area contributed by atoms with Gasteiger partial charge in [-0.3, -0.25) is 4.90 Å². The van der Waals surface area contributed by atoms with E-state index >= 15 is 0 Å². The Bertz CT molecular complexity index is 657. The van der Waals surface area contributed by atoms with Crippen LogP contribution in [-0.2, 0) is 19.4 Å². The molecule has 0 spiro atoms. The zero-order valence-corrected chi connectivity index (χ0v) is 14.6. The van der Waals surface area contributed by atoms with Crippen molar-refractivity contribution in [3.8, 4) is 0 Å². The molecule has 2 aromatic carbocycles. The van der Waals surface area contributed by atoms with E-state index in [-0.39, 0.29) is 0 Å². The third kappa shape index (κ3) is 3.64. The highest BCUT2D eigenvalue weighted by atomic mass is 15.3. The fraction of sp³-hybridized carbons (Fsp3) is 0.455. The van der Waals surface area contributed by atoms with Gasteiger partial charge in [0.05, 0.1) is 0 Å². The highest BCUT2D eigenvalue weighted by molar-refractivity contribution is 5.46. The van der Waals surface area contributed by atoms with Crippen LogP contribution in [0.3, 0.4) is 0 Å². The van der Waals surface area contributed by atoms with Crippen LogP contribution in [0.5, 0.6) is 0 Å². The number of hydrogen-bond acceptors (Lipinski definition) is 2. The number of aryl methyl sites for hydroxylation is 2. The van der Waals surface area contributed by atoms with Gasteiger partial charge in [-0.15, -0.1) is 0 Å². The number of benzene rings is 2. The smallest absolute Gasteiger partial charge is 0.0367 e. The highest BCUT2D eigenvalue weighted by Crippen LogP contribution is 2.23. The zero-order valence-electron chi connectivity index (χ0n) is 14.6. The van der Waals surface area contributed by atoms with Crippen molar-refractivity contribution >= 4 is 5.69 Å². The topological polar surface area (TPSA) is 6.48 Å². The molecular formula is C22H28N2. The van der Waals surface area contributed by atoms with Crippen LogP contribution < -0.4 is 4.90 Å². The van der Waals surface area contributed by atoms with E-state index < -0.39 is 0 Å². The monoisotopic (exact) mass is 320 g/mol. The predicted molar refractivity (Wildman–Crippen MR) is 102 cm³/mol. The standard InChI is InChI=1S/C22H28N2/c1-3-7-20-12-11-19(17-21(20)8-4-1)18-23-13-15-24(16-14-23)22-9-5-2-6-10-22/h2,5-6,9-12,17H,1,3-4,7-8,13-16,18H2. The second-order valence-corrected chi connectivity index (χ2v) is 7.26. The molecule has 126 valence electrons. The van der Waals surface area contributed by atoms with Crippen LogP contribution in [0.15, 0.2) is 48.5 Å². The van der Waals surface area contributed by atoms with Gasteiger partial charge in [0.15, 0.2) is 0 Å². The Morgan fingerprint density at radius 1 is 0.708 bits per heavy atom. The number of piperazine rings is 1. The molecule has 0 aromatic heterocycles. The quantitative estimate of drug-likeness (QED) is 0.779. The third-order valence-corrected chi connectivity index (χ3v) is 5.56. The summed E-state index contributed by atoms with van der Waals surface area (Å²) in [4.78, 5) is 5.12. The van der Waals surface area contributed by atoms with Crippen molar-refractivity contribution in [2.24, 2.45) is 0 Å². The molecule has 0 atom stereocenters. The van der Waals surface area contributed by atoms with E-state index in [9.17, 15) is 0 Å². The van der Waals surface area contributed by atoms with Gasteiger partial charge in [-0.1, -0.05) is 42.8 Å². The summed E-state index contributed by atoms with van der Waals surface area (Å²) in [5.74, 6) is 0. The van der Waals surface area contributed by atoms with Crippen LogP contribution in [0, 0.1) is 0 Å². The second-order valence-electron chi connectivity index (χ2n) is 7.26. The van der Waals surface area contributed by atoms with Crippen molar-refractivity contribution in [3.63, 3.8) is 0 Å². The Hall–Kier alpha value is -1.80. The molecule has 0 N–H and O–H groups in total. The van der Waals surface area contributed by atoms with Crippen LogP contribution in [0.4, 0.5) is 5.69 Å². The summed E-state index contributed by atoms with van der Waals surface area (Å²) < 4.78 is 0. The average molecular weight is 320 g/mol. The molecule has 0 saturated carbocycles. The lowest BCUT2D eigenvalue weighted by Crippen LogP contribution is -2.45. The van der Waals surface area contributed by atoms with E-state index in [1.165, 1.54) is 43.4 Å². The Balaban J connectivity index is 1.36. The molecular weight excluding hydrogens is 292 g/mol. The Kier molecular flexibility index (Phi) is 4.84. The Morgan fingerprint density at radius 3 is 2.25 bits per heavy atom. The summed E-state index contributed by atoms with van der Waals surface area (Å²) in [6.45, 7) is 5.69. The van der Waals surface area contributed by atoms with Gasteiger partial charge in [0.25, 0.3) is 0 Å². The van der Waals surface area contributed by atoms with E-state index in [1.807, 2.05) is 0 Å². The van der Waals surface area contributed by atoms with Gasteiger partial charge >= 0.3 is 0 Å². The minimum atomic E-state index is 1.11. The zero-order chi connectivity index (χ0) is 16.2. The van der Waals surface area contributed by atoms with E-state index in [4.69, 9.17) is 0 Å². The number of fused-ring (bicyclic) bond motifs is 1. The molecule has 1 saturated heterocycles. The van der Waals surface area contributed by atoms with Gasteiger partial charge < -0.3 is 4.90 Å². The van der Waals surface area contributed by atoms with Crippen molar-refractivity contribution < 1.29 is 0 Å². The maximum absolute atomic E-state index is 2.61. The lowest BCUT2D eigenvalue weighted by molar-refractivity contribution is 0.250. The molecule has 1 aliphatic heterocycles. The van der Waals surface area contributed by atoms with E-state index in [0.717, 1.165) is 32.7 Å². The third-order valence-electron chi connectivity index (χ3n) is 5.56. The number of rotatable bonds is 3. The SMILES string of the molecule is c1ccc(N2CCN(Cc3ccc4c(c3)CCCCC4)CC2)cc1. The average Bonchev–Trinajstić information content (AvgIpc) is 2.88. The largest absolute Gasteiger partial charge is 0.369 e. The van der Waals surface area contributed by atoms with Gasteiger partial charge in [-0.25, -0.2) is 0 Å². The summed E-state index contributed by atoms with van der Waals surface area (Å²) in [5.41, 5.74) is 6.09. The van der Waals surface area contributed by atoms with E-state index in [1.54, 1.807) is 11.1 Å². The molecule has 1 aliphatic carbocycles. The molecule has 0 unspecified atom stereocenters. The normalized spacial score (nSPS) is 18.9. The first kappa shape index (κ1) is 15.7. The molecule has 0 bridgehead atoms. The van der Waals surface area contributed by atoms with E-state index in [2.05, 4.69) is 58.3 Å². The molecule has 0 radical (unpaired) electrons. The van der Waals surface area contributed by atoms with Crippen molar-refractivity contribution in [1.29, 1.82) is 0 Å². The maximum atomic E-state index is 2.61. The molecule has 2 heteroatoms. The minimum absolute atomic E-state index is 1.11. The fourth-order valence-corrected chi connectivity index (χ4v) is 4.12. The lowest BCUT2D eigenvalue weighted by atomic mass is 10.00. The lowest BCUT2D eigenvalue weighted by Gasteiger charge is -2.36. The number of para-hydroxylation sites is 1. The van der Waals surface area contributed by atoms with E-state index in [0.29, 0.717) is 0 Å². The fourth-order valence-electron chi connectivity index (χ4n) is 4.12. The van der Waals surface area contributed by atoms with Crippen molar-refractivity contribution in [2.45, 2.75) is 38.6 Å². The highest BCUT2D eigenvalue weighted by Gasteiger charge is 2.17. The van der Waals surface area contributed by atoms with Crippen molar-refractivity contribution in [1.82, 2.24) is 4.90 Å². The Labute approximate surface area is 146 Å². The maximum Gasteiger partial charge on any atom is 0.0367 e. The molecule has 1 fully saturated rings. The summed E-state index contributed by atoms with van der Waals surface area (Å²) in [7, 11) is 0. The van der Waals surface area contributed by atoms with Gasteiger partial charge in [0.1, 0.15) is 0 Å². The Morgan fingerprint density at radius 2 is 1.46 bits per heavy atom. The predicted octanol–water partition coefficient (Wildman–Crippen LogP) is 4.28. The molecule has 2 nitrogen and oxygen atoms in total. The first-order chi connectivity index (χ1) is 11.9. The van der Waals surface area contributed by atoms with Crippen LogP contribution in [0.1, 0.15) is 36.0 Å². The van der Waals surface area contributed by atoms with Crippen LogP contribution >= 0.6 is 0 Å². The van der Waals surface area contributed by atoms with Crippen LogP contribution in [0.2, 0.25) is 0 Å². The number of hydrogen-bond donors (Lipinski definition) is 0. The minimum Gasteiger partial charge on any atom is -0.369 e. The van der Waals surface area contributed by atoms with Gasteiger partial charge in [0.2, 0.25) is 0 Å². The first-order valence-electron chi connectivity index (χ1n) is 9.51. The van der Waals surface area contributed by atoms with Crippen molar-refractivity contribution in [3.05, 3.63) is 65.2 Å². The summed E-state index contributed by atoms with van der Waals surface area (Å²) >= 11 is 0. The molecule has 4 rings (SSSR count). The second kappa shape index (κ2) is 7.40. The van der Waals surface area contributed by atoms with Gasteiger partial charge in [-0.05, 0) is 54.5 Å². The van der Waals surface area contributed by atoms with Crippen LogP contribution in [-0.4, -0.2) is 31.1 Å².